The third kappa shape index (κ3) is 3.88. The molecule has 0 radical (unpaired) electrons. The fourth-order valence-electron chi connectivity index (χ4n) is 2.98. The van der Waals surface area contributed by atoms with Crippen LogP contribution in [-0.4, -0.2) is 35.0 Å². The molecule has 22 heavy (non-hydrogen) atoms. The molecule has 120 valence electrons. The van der Waals surface area contributed by atoms with E-state index in [4.69, 9.17) is 5.11 Å². The maximum atomic E-state index is 12.9. The molecule has 2 rings (SSSR count). The molecular weight excluding hydrogens is 346 g/mol. The second-order valence-electron chi connectivity index (χ2n) is 6.47. The molecule has 0 unspecified atom stereocenters. The number of carbonyl (C=O) groups is 2. The molecule has 0 aliphatic carbocycles. The van der Waals surface area contributed by atoms with Crippen molar-refractivity contribution in [3.05, 3.63) is 34.3 Å². The Labute approximate surface area is 139 Å². The summed E-state index contributed by atoms with van der Waals surface area (Å²) in [5.74, 6) is -0.450. The van der Waals surface area contributed by atoms with Crippen LogP contribution >= 0.6 is 15.9 Å². The van der Waals surface area contributed by atoms with E-state index in [1.54, 1.807) is 0 Å². The van der Waals surface area contributed by atoms with Crippen LogP contribution in [0.15, 0.2) is 28.7 Å². The lowest BCUT2D eigenvalue weighted by atomic mass is 9.82. The van der Waals surface area contributed by atoms with Crippen LogP contribution in [0.3, 0.4) is 0 Å². The maximum Gasteiger partial charge on any atom is 0.303 e. The molecule has 1 N–H and O–H groups in total. The van der Waals surface area contributed by atoms with Crippen molar-refractivity contribution in [1.82, 2.24) is 4.90 Å². The number of likely N-dealkylation sites (tertiary alicyclic amines) is 1. The van der Waals surface area contributed by atoms with Crippen LogP contribution in [0.5, 0.6) is 0 Å². The number of benzene rings is 1. The highest BCUT2D eigenvalue weighted by atomic mass is 79.9. The average Bonchev–Trinajstić information content (AvgIpc) is 2.46. The SMILES string of the molecule is CC(C)(C(=O)N1CCC(CC(=O)O)CC1)c1cccc(Br)c1. The van der Waals surface area contributed by atoms with Crippen LogP contribution < -0.4 is 0 Å². The van der Waals surface area contributed by atoms with E-state index in [0.717, 1.165) is 22.9 Å². The number of hydrogen-bond acceptors (Lipinski definition) is 2. The van der Waals surface area contributed by atoms with Crippen LogP contribution in [0, 0.1) is 5.92 Å². The first kappa shape index (κ1) is 17.0. The molecule has 1 aliphatic heterocycles. The summed E-state index contributed by atoms with van der Waals surface area (Å²) >= 11 is 3.45. The minimum absolute atomic E-state index is 0.111. The van der Waals surface area contributed by atoms with Gasteiger partial charge in [0, 0.05) is 24.0 Å². The second kappa shape index (κ2) is 6.82. The molecular formula is C17H22BrNO3. The summed E-state index contributed by atoms with van der Waals surface area (Å²) in [7, 11) is 0. The molecule has 1 saturated heterocycles. The molecule has 1 amide bonds. The molecule has 1 aliphatic rings. The predicted octanol–water partition coefficient (Wildman–Crippen LogP) is 3.44. The summed E-state index contributed by atoms with van der Waals surface area (Å²) in [6.07, 6.45) is 1.75. The van der Waals surface area contributed by atoms with Crippen LogP contribution in [-0.2, 0) is 15.0 Å². The molecule has 1 heterocycles. The number of carboxylic acid groups (broad SMARTS) is 1. The molecule has 0 atom stereocenters. The molecule has 5 heteroatoms. The van der Waals surface area contributed by atoms with Crippen molar-refractivity contribution in [2.24, 2.45) is 5.92 Å². The standard InChI is InChI=1S/C17H22BrNO3/c1-17(2,13-4-3-5-14(18)11-13)16(22)19-8-6-12(7-9-19)10-15(20)21/h3-5,11-12H,6-10H2,1-2H3,(H,20,21). The Kier molecular flexibility index (Phi) is 5.27. The van der Waals surface area contributed by atoms with Crippen molar-refractivity contribution in [3.63, 3.8) is 0 Å². The number of rotatable bonds is 4. The van der Waals surface area contributed by atoms with Gasteiger partial charge < -0.3 is 10.0 Å². The van der Waals surface area contributed by atoms with E-state index < -0.39 is 11.4 Å². The van der Waals surface area contributed by atoms with Gasteiger partial charge >= 0.3 is 5.97 Å². The molecule has 1 aromatic rings. The van der Waals surface area contributed by atoms with E-state index >= 15 is 0 Å². The number of hydrogen-bond donors (Lipinski definition) is 1. The summed E-state index contributed by atoms with van der Waals surface area (Å²) < 4.78 is 0.964. The lowest BCUT2D eigenvalue weighted by Crippen LogP contribution is -2.47. The van der Waals surface area contributed by atoms with Gasteiger partial charge in [0.05, 0.1) is 5.41 Å². The van der Waals surface area contributed by atoms with Gasteiger partial charge in [-0.15, -0.1) is 0 Å². The molecule has 0 spiro atoms. The monoisotopic (exact) mass is 367 g/mol. The van der Waals surface area contributed by atoms with Gasteiger partial charge in [0.2, 0.25) is 5.91 Å². The van der Waals surface area contributed by atoms with Gasteiger partial charge in [-0.2, -0.15) is 0 Å². The van der Waals surface area contributed by atoms with Gasteiger partial charge in [0.1, 0.15) is 0 Å². The summed E-state index contributed by atoms with van der Waals surface area (Å²) in [6, 6.07) is 7.84. The summed E-state index contributed by atoms with van der Waals surface area (Å²) in [4.78, 5) is 25.5. The largest absolute Gasteiger partial charge is 0.481 e. The van der Waals surface area contributed by atoms with Gasteiger partial charge in [-0.05, 0) is 50.3 Å². The van der Waals surface area contributed by atoms with E-state index in [9.17, 15) is 9.59 Å². The lowest BCUT2D eigenvalue weighted by molar-refractivity contribution is -0.139. The van der Waals surface area contributed by atoms with E-state index in [1.165, 1.54) is 0 Å². The van der Waals surface area contributed by atoms with Crippen LogP contribution in [0.1, 0.15) is 38.7 Å². The Hall–Kier alpha value is -1.36. The van der Waals surface area contributed by atoms with Crippen LogP contribution in [0.2, 0.25) is 0 Å². The van der Waals surface area contributed by atoms with Gasteiger partial charge in [-0.1, -0.05) is 28.1 Å². The summed E-state index contributed by atoms with van der Waals surface area (Å²) in [6.45, 7) is 5.18. The van der Waals surface area contributed by atoms with Crippen molar-refractivity contribution >= 4 is 27.8 Å². The van der Waals surface area contributed by atoms with Crippen molar-refractivity contribution in [2.75, 3.05) is 13.1 Å². The predicted molar refractivity (Wildman–Crippen MR) is 88.7 cm³/mol. The third-order valence-corrected chi connectivity index (χ3v) is 4.94. The molecule has 0 saturated carbocycles. The summed E-state index contributed by atoms with van der Waals surface area (Å²) in [5, 5.41) is 8.86. The zero-order valence-corrected chi connectivity index (χ0v) is 14.6. The van der Waals surface area contributed by atoms with E-state index in [-0.39, 0.29) is 18.2 Å². The minimum atomic E-state index is -0.751. The highest BCUT2D eigenvalue weighted by molar-refractivity contribution is 9.10. The number of piperidine rings is 1. The number of amides is 1. The Morgan fingerprint density at radius 1 is 1.32 bits per heavy atom. The highest BCUT2D eigenvalue weighted by Gasteiger charge is 2.35. The molecule has 0 aromatic heterocycles. The number of aliphatic carboxylic acids is 1. The van der Waals surface area contributed by atoms with E-state index in [1.807, 2.05) is 43.0 Å². The van der Waals surface area contributed by atoms with Crippen molar-refractivity contribution in [3.8, 4) is 0 Å². The highest BCUT2D eigenvalue weighted by Crippen LogP contribution is 2.30. The zero-order valence-electron chi connectivity index (χ0n) is 13.0. The van der Waals surface area contributed by atoms with Crippen LogP contribution in [0.4, 0.5) is 0 Å². The Bertz CT molecular complexity index is 563. The number of carboxylic acids is 1. The maximum absolute atomic E-state index is 12.9. The molecule has 0 bridgehead atoms. The van der Waals surface area contributed by atoms with Gasteiger partial charge in [0.15, 0.2) is 0 Å². The molecule has 1 aromatic carbocycles. The molecule has 1 fully saturated rings. The Morgan fingerprint density at radius 2 is 1.95 bits per heavy atom. The topological polar surface area (TPSA) is 57.6 Å². The number of nitrogens with zero attached hydrogens (tertiary/aromatic N) is 1. The third-order valence-electron chi connectivity index (χ3n) is 4.45. The summed E-state index contributed by atoms with van der Waals surface area (Å²) in [5.41, 5.74) is 0.406. The smallest absolute Gasteiger partial charge is 0.303 e. The fourth-order valence-corrected chi connectivity index (χ4v) is 3.38. The quantitative estimate of drug-likeness (QED) is 0.886. The van der Waals surface area contributed by atoms with Crippen molar-refractivity contribution in [2.45, 2.75) is 38.5 Å². The van der Waals surface area contributed by atoms with Crippen molar-refractivity contribution in [1.29, 1.82) is 0 Å². The fraction of sp³-hybridized carbons (Fsp3) is 0.529. The van der Waals surface area contributed by atoms with Crippen molar-refractivity contribution < 1.29 is 14.7 Å². The first-order chi connectivity index (χ1) is 10.3. The second-order valence-corrected chi connectivity index (χ2v) is 7.38. The Balaban J connectivity index is 2.04. The van der Waals surface area contributed by atoms with E-state index in [2.05, 4.69) is 15.9 Å². The zero-order chi connectivity index (χ0) is 16.3. The van der Waals surface area contributed by atoms with Crippen LogP contribution in [0.25, 0.3) is 0 Å². The Morgan fingerprint density at radius 3 is 2.50 bits per heavy atom. The normalized spacial score (nSPS) is 16.6. The van der Waals surface area contributed by atoms with E-state index in [0.29, 0.717) is 13.1 Å². The number of halogens is 1. The van der Waals surface area contributed by atoms with Gasteiger partial charge in [-0.25, -0.2) is 0 Å². The average molecular weight is 368 g/mol. The first-order valence-electron chi connectivity index (χ1n) is 7.58. The van der Waals surface area contributed by atoms with Gasteiger partial charge in [0.25, 0.3) is 0 Å². The van der Waals surface area contributed by atoms with Gasteiger partial charge in [-0.3, -0.25) is 9.59 Å². The first-order valence-corrected chi connectivity index (χ1v) is 8.37. The lowest BCUT2D eigenvalue weighted by Gasteiger charge is -2.37. The molecule has 4 nitrogen and oxygen atoms in total. The minimum Gasteiger partial charge on any atom is -0.481 e. The number of carbonyl (C=O) groups excluding carboxylic acids is 1.